The second kappa shape index (κ2) is 5.96. The van der Waals surface area contributed by atoms with Gasteiger partial charge in [-0.2, -0.15) is 0 Å². The SMILES string of the molecule is CCOC(=O)c1c(N)c(C(=O)c2ccccc2)n2ccccc12. The van der Waals surface area contributed by atoms with Crippen molar-refractivity contribution in [1.29, 1.82) is 0 Å². The number of carbonyl (C=O) groups excluding carboxylic acids is 2. The number of esters is 1. The fraction of sp³-hybridized carbons (Fsp3) is 0.111. The Morgan fingerprint density at radius 2 is 1.78 bits per heavy atom. The Morgan fingerprint density at radius 3 is 2.48 bits per heavy atom. The molecule has 0 spiro atoms. The van der Waals surface area contributed by atoms with E-state index in [2.05, 4.69) is 0 Å². The molecule has 0 atom stereocenters. The molecule has 2 aromatic heterocycles. The van der Waals surface area contributed by atoms with Crippen molar-refractivity contribution in [3.05, 3.63) is 71.5 Å². The van der Waals surface area contributed by atoms with Crippen LogP contribution in [-0.4, -0.2) is 22.8 Å². The number of rotatable bonds is 4. The molecular formula is C18H16N2O3. The summed E-state index contributed by atoms with van der Waals surface area (Å²) >= 11 is 0. The zero-order valence-electron chi connectivity index (χ0n) is 12.7. The third-order valence-electron chi connectivity index (χ3n) is 3.61. The lowest BCUT2D eigenvalue weighted by atomic mass is 10.1. The number of fused-ring (bicyclic) bond motifs is 1. The van der Waals surface area contributed by atoms with Crippen LogP contribution < -0.4 is 5.73 Å². The van der Waals surface area contributed by atoms with E-state index in [1.54, 1.807) is 60.0 Å². The molecule has 0 fully saturated rings. The maximum Gasteiger partial charge on any atom is 0.342 e. The highest BCUT2D eigenvalue weighted by atomic mass is 16.5. The third-order valence-corrected chi connectivity index (χ3v) is 3.61. The lowest BCUT2D eigenvalue weighted by Crippen LogP contribution is -2.09. The molecule has 23 heavy (non-hydrogen) atoms. The predicted octanol–water partition coefficient (Wildman–Crippen LogP) is 2.93. The Balaban J connectivity index is 2.24. The summed E-state index contributed by atoms with van der Waals surface area (Å²) in [5.74, 6) is -0.763. The maximum absolute atomic E-state index is 12.8. The summed E-state index contributed by atoms with van der Waals surface area (Å²) in [6, 6.07) is 14.1. The van der Waals surface area contributed by atoms with Crippen molar-refractivity contribution in [2.24, 2.45) is 0 Å². The van der Waals surface area contributed by atoms with E-state index in [0.29, 0.717) is 11.1 Å². The smallest absolute Gasteiger partial charge is 0.342 e. The Kier molecular flexibility index (Phi) is 3.85. The molecule has 3 rings (SSSR count). The number of nitrogens with two attached hydrogens (primary N) is 1. The molecule has 0 aliphatic heterocycles. The molecule has 0 amide bonds. The molecule has 0 aliphatic rings. The Labute approximate surface area is 133 Å². The minimum Gasteiger partial charge on any atom is -0.462 e. The monoisotopic (exact) mass is 308 g/mol. The van der Waals surface area contributed by atoms with Crippen molar-refractivity contribution >= 4 is 23.0 Å². The molecule has 1 aromatic carbocycles. The standard InChI is InChI=1S/C18H16N2O3/c1-2-23-18(22)14-13-10-6-7-11-20(13)16(15(14)19)17(21)12-8-4-3-5-9-12/h3-11H,2,19H2,1H3. The Hall–Kier alpha value is -3.08. The van der Waals surface area contributed by atoms with Crippen LogP contribution in [0.1, 0.15) is 33.3 Å². The van der Waals surface area contributed by atoms with Gasteiger partial charge in [-0.3, -0.25) is 4.79 Å². The average Bonchev–Trinajstić information content (AvgIpc) is 2.87. The number of pyridine rings is 1. The first kappa shape index (κ1) is 14.8. The van der Waals surface area contributed by atoms with Crippen LogP contribution in [0.4, 0.5) is 5.69 Å². The second-order valence-electron chi connectivity index (χ2n) is 5.01. The zero-order valence-corrected chi connectivity index (χ0v) is 12.7. The molecule has 0 saturated heterocycles. The van der Waals surface area contributed by atoms with Crippen LogP contribution in [0.25, 0.3) is 5.52 Å². The number of anilines is 1. The molecule has 5 nitrogen and oxygen atoms in total. The molecule has 0 saturated carbocycles. The highest BCUT2D eigenvalue weighted by Crippen LogP contribution is 2.29. The second-order valence-corrected chi connectivity index (χ2v) is 5.01. The van der Waals surface area contributed by atoms with Gasteiger partial charge in [-0.15, -0.1) is 0 Å². The van der Waals surface area contributed by atoms with Gasteiger partial charge < -0.3 is 14.9 Å². The molecule has 116 valence electrons. The average molecular weight is 308 g/mol. The number of nitrogens with zero attached hydrogens (tertiary/aromatic N) is 1. The van der Waals surface area contributed by atoms with Crippen LogP contribution in [0.5, 0.6) is 0 Å². The van der Waals surface area contributed by atoms with Crippen molar-refractivity contribution in [2.45, 2.75) is 6.92 Å². The summed E-state index contributed by atoms with van der Waals surface area (Å²) in [7, 11) is 0. The number of carbonyl (C=O) groups is 2. The van der Waals surface area contributed by atoms with Gasteiger partial charge in [-0.25, -0.2) is 4.79 Å². The van der Waals surface area contributed by atoms with Crippen LogP contribution in [0, 0.1) is 0 Å². The van der Waals surface area contributed by atoms with Crippen LogP contribution >= 0.6 is 0 Å². The van der Waals surface area contributed by atoms with E-state index >= 15 is 0 Å². The van der Waals surface area contributed by atoms with Gasteiger partial charge in [-0.1, -0.05) is 36.4 Å². The number of nitrogen functional groups attached to an aromatic ring is 1. The first-order valence-electron chi connectivity index (χ1n) is 7.30. The van der Waals surface area contributed by atoms with Gasteiger partial charge in [0.1, 0.15) is 11.3 Å². The number of hydrogen-bond donors (Lipinski definition) is 1. The van der Waals surface area contributed by atoms with E-state index in [1.807, 2.05) is 6.07 Å². The minimum atomic E-state index is -0.527. The zero-order chi connectivity index (χ0) is 16.4. The highest BCUT2D eigenvalue weighted by molar-refractivity contribution is 6.16. The molecule has 0 aliphatic carbocycles. The molecule has 0 radical (unpaired) electrons. The highest BCUT2D eigenvalue weighted by Gasteiger charge is 2.26. The minimum absolute atomic E-state index is 0.142. The first-order chi connectivity index (χ1) is 11.1. The fourth-order valence-corrected chi connectivity index (χ4v) is 2.60. The number of ketones is 1. The summed E-state index contributed by atoms with van der Waals surface area (Å²) in [6.45, 7) is 1.97. The lowest BCUT2D eigenvalue weighted by Gasteiger charge is -2.03. The predicted molar refractivity (Wildman–Crippen MR) is 87.6 cm³/mol. The van der Waals surface area contributed by atoms with E-state index in [1.165, 1.54) is 0 Å². The first-order valence-corrected chi connectivity index (χ1v) is 7.30. The van der Waals surface area contributed by atoms with Crippen LogP contribution in [0.2, 0.25) is 0 Å². The van der Waals surface area contributed by atoms with Crippen molar-refractivity contribution in [3.8, 4) is 0 Å². The normalized spacial score (nSPS) is 10.7. The van der Waals surface area contributed by atoms with Crippen LogP contribution in [0.15, 0.2) is 54.7 Å². The third kappa shape index (κ3) is 2.46. The lowest BCUT2D eigenvalue weighted by molar-refractivity contribution is 0.0530. The summed E-state index contributed by atoms with van der Waals surface area (Å²) in [5.41, 5.74) is 7.86. The summed E-state index contributed by atoms with van der Waals surface area (Å²) in [4.78, 5) is 25.0. The maximum atomic E-state index is 12.8. The van der Waals surface area contributed by atoms with Gasteiger partial charge in [0, 0.05) is 11.8 Å². The van der Waals surface area contributed by atoms with Crippen molar-refractivity contribution in [2.75, 3.05) is 12.3 Å². The largest absolute Gasteiger partial charge is 0.462 e. The quantitative estimate of drug-likeness (QED) is 0.594. The number of benzene rings is 1. The van der Waals surface area contributed by atoms with E-state index in [-0.39, 0.29) is 29.3 Å². The van der Waals surface area contributed by atoms with E-state index in [0.717, 1.165) is 0 Å². The molecular weight excluding hydrogens is 292 g/mol. The molecule has 3 aromatic rings. The molecule has 5 heteroatoms. The van der Waals surface area contributed by atoms with Crippen molar-refractivity contribution in [1.82, 2.24) is 4.40 Å². The molecule has 0 bridgehead atoms. The number of aromatic nitrogens is 1. The van der Waals surface area contributed by atoms with Crippen molar-refractivity contribution in [3.63, 3.8) is 0 Å². The van der Waals surface area contributed by atoms with Crippen LogP contribution in [-0.2, 0) is 4.74 Å². The number of ether oxygens (including phenoxy) is 1. The van der Waals surface area contributed by atoms with E-state index in [4.69, 9.17) is 10.5 Å². The Morgan fingerprint density at radius 1 is 1.09 bits per heavy atom. The molecule has 2 heterocycles. The topological polar surface area (TPSA) is 73.8 Å². The van der Waals surface area contributed by atoms with Crippen LogP contribution in [0.3, 0.4) is 0 Å². The number of hydrogen-bond acceptors (Lipinski definition) is 4. The fourth-order valence-electron chi connectivity index (χ4n) is 2.60. The summed E-state index contributed by atoms with van der Waals surface area (Å²) < 4.78 is 6.71. The van der Waals surface area contributed by atoms with Gasteiger partial charge in [0.2, 0.25) is 5.78 Å². The molecule has 2 N–H and O–H groups in total. The van der Waals surface area contributed by atoms with Gasteiger partial charge in [0.25, 0.3) is 0 Å². The summed E-state index contributed by atoms with van der Waals surface area (Å²) in [5, 5.41) is 0. The summed E-state index contributed by atoms with van der Waals surface area (Å²) in [6.07, 6.45) is 1.71. The molecule has 0 unspecified atom stereocenters. The van der Waals surface area contributed by atoms with Crippen molar-refractivity contribution < 1.29 is 14.3 Å². The van der Waals surface area contributed by atoms with Gasteiger partial charge in [0.15, 0.2) is 0 Å². The van der Waals surface area contributed by atoms with Gasteiger partial charge in [-0.05, 0) is 19.1 Å². The van der Waals surface area contributed by atoms with Gasteiger partial charge >= 0.3 is 5.97 Å². The van der Waals surface area contributed by atoms with E-state index < -0.39 is 5.97 Å². The van der Waals surface area contributed by atoms with E-state index in [9.17, 15) is 9.59 Å². The van der Waals surface area contributed by atoms with Gasteiger partial charge in [0.05, 0.1) is 17.8 Å². The Bertz CT molecular complexity index is 882.